The molecule has 112 valence electrons. The molecule has 2 heterocycles. The predicted molar refractivity (Wildman–Crippen MR) is 84.7 cm³/mol. The van der Waals surface area contributed by atoms with Crippen LogP contribution in [-0.2, 0) is 10.1 Å². The van der Waals surface area contributed by atoms with Gasteiger partial charge in [0.25, 0.3) is 0 Å². The van der Waals surface area contributed by atoms with Crippen LogP contribution >= 0.6 is 27.5 Å². The van der Waals surface area contributed by atoms with Crippen LogP contribution in [0.3, 0.4) is 0 Å². The monoisotopic (exact) mass is 371 g/mol. The molecule has 2 aromatic heterocycles. The second-order valence-electron chi connectivity index (χ2n) is 5.41. The van der Waals surface area contributed by atoms with Crippen LogP contribution in [0.25, 0.3) is 11.4 Å². The summed E-state index contributed by atoms with van der Waals surface area (Å²) in [4.78, 5) is 16.4. The Morgan fingerprint density at radius 2 is 2.10 bits per heavy atom. The lowest BCUT2D eigenvalue weighted by Crippen LogP contribution is -2.28. The van der Waals surface area contributed by atoms with Gasteiger partial charge in [-0.2, -0.15) is 9.78 Å². The summed E-state index contributed by atoms with van der Waals surface area (Å²) in [7, 11) is 0. The van der Waals surface area contributed by atoms with E-state index in [1.807, 2.05) is 20.8 Å². The Morgan fingerprint density at radius 1 is 1.38 bits per heavy atom. The molecule has 2 rings (SSSR count). The van der Waals surface area contributed by atoms with Gasteiger partial charge in [-0.3, -0.25) is 4.98 Å². The summed E-state index contributed by atoms with van der Waals surface area (Å²) in [5, 5.41) is 5.30. The van der Waals surface area contributed by atoms with Gasteiger partial charge in [0.1, 0.15) is 11.3 Å². The first-order valence-corrected chi connectivity index (χ1v) is 7.80. The highest BCUT2D eigenvalue weighted by Crippen LogP contribution is 2.21. The van der Waals surface area contributed by atoms with Gasteiger partial charge in [0.15, 0.2) is 0 Å². The largest absolute Gasteiger partial charge is 0.442 e. The Balaban J connectivity index is 2.35. The SMILES string of the molecule is CC(C)(C)OC(=O)n1nc(-c2ccc(Cl)cn2)cc1CBr. The molecule has 21 heavy (non-hydrogen) atoms. The van der Waals surface area contributed by atoms with E-state index in [9.17, 15) is 4.79 Å². The van der Waals surface area contributed by atoms with E-state index in [0.29, 0.717) is 27.4 Å². The maximum absolute atomic E-state index is 12.2. The number of carbonyl (C=O) groups is 1. The van der Waals surface area contributed by atoms with E-state index in [-0.39, 0.29) is 0 Å². The maximum Gasteiger partial charge on any atom is 0.435 e. The van der Waals surface area contributed by atoms with Crippen LogP contribution in [0.1, 0.15) is 26.5 Å². The molecule has 0 N–H and O–H groups in total. The van der Waals surface area contributed by atoms with Gasteiger partial charge in [-0.05, 0) is 39.0 Å². The van der Waals surface area contributed by atoms with E-state index >= 15 is 0 Å². The number of aromatic nitrogens is 3. The van der Waals surface area contributed by atoms with E-state index in [1.165, 1.54) is 10.9 Å². The number of hydrogen-bond donors (Lipinski definition) is 0. The van der Waals surface area contributed by atoms with Crippen molar-refractivity contribution in [1.82, 2.24) is 14.8 Å². The molecule has 0 aliphatic rings. The highest BCUT2D eigenvalue weighted by molar-refractivity contribution is 9.08. The zero-order valence-electron chi connectivity index (χ0n) is 11.9. The molecular formula is C14H15BrClN3O2. The normalized spacial score (nSPS) is 11.5. The van der Waals surface area contributed by atoms with Gasteiger partial charge in [0.05, 0.1) is 16.4 Å². The van der Waals surface area contributed by atoms with Crippen LogP contribution in [0.15, 0.2) is 24.4 Å². The second kappa shape index (κ2) is 6.15. The Morgan fingerprint density at radius 3 is 2.62 bits per heavy atom. The number of carbonyl (C=O) groups excluding carboxylic acids is 1. The van der Waals surface area contributed by atoms with Gasteiger partial charge >= 0.3 is 6.09 Å². The lowest BCUT2D eigenvalue weighted by Gasteiger charge is -2.19. The summed E-state index contributed by atoms with van der Waals surface area (Å²) >= 11 is 9.16. The number of pyridine rings is 1. The van der Waals surface area contributed by atoms with Crippen molar-refractivity contribution in [3.8, 4) is 11.4 Å². The predicted octanol–water partition coefficient (Wildman–Crippen LogP) is 4.28. The Hall–Kier alpha value is -1.40. The lowest BCUT2D eigenvalue weighted by molar-refractivity contribution is 0.0511. The number of nitrogens with zero attached hydrogens (tertiary/aromatic N) is 3. The maximum atomic E-state index is 12.2. The molecule has 0 saturated carbocycles. The molecule has 0 aliphatic carbocycles. The first-order chi connectivity index (χ1) is 9.80. The summed E-state index contributed by atoms with van der Waals surface area (Å²) in [5.41, 5.74) is 1.34. The smallest absolute Gasteiger partial charge is 0.435 e. The fourth-order valence-corrected chi connectivity index (χ4v) is 2.14. The number of halogens is 2. The average Bonchev–Trinajstić information content (AvgIpc) is 2.82. The molecule has 0 saturated heterocycles. The molecule has 0 atom stereocenters. The van der Waals surface area contributed by atoms with Gasteiger partial charge in [0, 0.05) is 11.5 Å². The Labute approximate surface area is 136 Å². The van der Waals surface area contributed by atoms with E-state index in [0.717, 1.165) is 0 Å². The fourth-order valence-electron chi connectivity index (χ4n) is 1.63. The minimum atomic E-state index is -0.578. The molecule has 7 heteroatoms. The first-order valence-electron chi connectivity index (χ1n) is 6.30. The molecule has 5 nitrogen and oxygen atoms in total. The summed E-state index contributed by atoms with van der Waals surface area (Å²) < 4.78 is 6.58. The Bertz CT molecular complexity index is 647. The number of alkyl halides is 1. The van der Waals surface area contributed by atoms with Crippen molar-refractivity contribution in [3.05, 3.63) is 35.1 Å². The summed E-state index contributed by atoms with van der Waals surface area (Å²) in [5.74, 6) is 0. The minimum Gasteiger partial charge on any atom is -0.442 e. The van der Waals surface area contributed by atoms with E-state index in [1.54, 1.807) is 18.2 Å². The average molecular weight is 373 g/mol. The third-order valence-electron chi connectivity index (χ3n) is 2.48. The summed E-state index contributed by atoms with van der Waals surface area (Å²) in [6.07, 6.45) is 1.02. The van der Waals surface area contributed by atoms with Crippen molar-refractivity contribution in [3.63, 3.8) is 0 Å². The quantitative estimate of drug-likeness (QED) is 0.738. The van der Waals surface area contributed by atoms with Crippen molar-refractivity contribution < 1.29 is 9.53 Å². The van der Waals surface area contributed by atoms with Crippen molar-refractivity contribution in [2.45, 2.75) is 31.7 Å². The molecule has 0 fully saturated rings. The van der Waals surface area contributed by atoms with E-state index in [4.69, 9.17) is 16.3 Å². The van der Waals surface area contributed by atoms with Gasteiger partial charge < -0.3 is 4.74 Å². The molecule has 0 unspecified atom stereocenters. The second-order valence-corrected chi connectivity index (χ2v) is 6.41. The Kier molecular flexibility index (Phi) is 4.68. The van der Waals surface area contributed by atoms with Crippen LogP contribution in [0.4, 0.5) is 4.79 Å². The third-order valence-corrected chi connectivity index (χ3v) is 3.27. The van der Waals surface area contributed by atoms with Crippen LogP contribution in [0, 0.1) is 0 Å². The van der Waals surface area contributed by atoms with Gasteiger partial charge in [-0.15, -0.1) is 0 Å². The molecular weight excluding hydrogens is 358 g/mol. The van der Waals surface area contributed by atoms with E-state index < -0.39 is 11.7 Å². The van der Waals surface area contributed by atoms with Crippen LogP contribution < -0.4 is 0 Å². The molecule has 2 aromatic rings. The van der Waals surface area contributed by atoms with Gasteiger partial charge in [0.2, 0.25) is 0 Å². The molecule has 0 spiro atoms. The fraction of sp³-hybridized carbons (Fsp3) is 0.357. The molecule has 0 bridgehead atoms. The van der Waals surface area contributed by atoms with Gasteiger partial charge in [-0.1, -0.05) is 27.5 Å². The molecule has 0 aromatic carbocycles. The van der Waals surface area contributed by atoms with Crippen molar-refractivity contribution >= 4 is 33.6 Å². The zero-order valence-corrected chi connectivity index (χ0v) is 14.3. The standard InChI is InChI=1S/C14H15BrClN3O2/c1-14(2,3)21-13(20)19-10(7-15)6-12(18-19)11-5-4-9(16)8-17-11/h4-6,8H,7H2,1-3H3. The highest BCUT2D eigenvalue weighted by Gasteiger charge is 2.22. The summed E-state index contributed by atoms with van der Waals surface area (Å²) in [6.45, 7) is 5.43. The van der Waals surface area contributed by atoms with Crippen molar-refractivity contribution in [2.75, 3.05) is 0 Å². The first kappa shape index (κ1) is 16.0. The molecule has 0 amide bonds. The highest BCUT2D eigenvalue weighted by atomic mass is 79.9. The van der Waals surface area contributed by atoms with Gasteiger partial charge in [-0.25, -0.2) is 4.79 Å². The lowest BCUT2D eigenvalue weighted by atomic mass is 10.2. The topological polar surface area (TPSA) is 57.0 Å². The minimum absolute atomic E-state index is 0.479. The molecule has 0 aliphatic heterocycles. The van der Waals surface area contributed by atoms with Crippen LogP contribution in [0.5, 0.6) is 0 Å². The number of hydrogen-bond acceptors (Lipinski definition) is 4. The van der Waals surface area contributed by atoms with Crippen LogP contribution in [0.2, 0.25) is 5.02 Å². The zero-order chi connectivity index (χ0) is 15.6. The van der Waals surface area contributed by atoms with Crippen molar-refractivity contribution in [2.24, 2.45) is 0 Å². The van der Waals surface area contributed by atoms with E-state index in [2.05, 4.69) is 26.0 Å². The van der Waals surface area contributed by atoms with Crippen molar-refractivity contribution in [1.29, 1.82) is 0 Å². The number of ether oxygens (including phenoxy) is 1. The molecule has 0 radical (unpaired) electrons. The third kappa shape index (κ3) is 4.04. The number of rotatable bonds is 2. The van der Waals surface area contributed by atoms with Crippen LogP contribution in [-0.4, -0.2) is 26.5 Å². The summed E-state index contributed by atoms with van der Waals surface area (Å²) in [6, 6.07) is 5.27.